The van der Waals surface area contributed by atoms with Crippen molar-refractivity contribution in [1.82, 2.24) is 24.1 Å². The molecule has 56 heavy (non-hydrogen) atoms. The molecule has 5 nitrogen and oxygen atoms in total. The van der Waals surface area contributed by atoms with E-state index in [-0.39, 0.29) is 0 Å². The number of nitrogens with zero attached hydrogens (tertiary/aromatic N) is 5. The maximum atomic E-state index is 5.16. The highest BCUT2D eigenvalue weighted by molar-refractivity contribution is 6.15. The largest absolute Gasteiger partial charge is 0.309 e. The third-order valence-electron chi connectivity index (χ3n) is 10.8. The van der Waals surface area contributed by atoms with Gasteiger partial charge in [0, 0.05) is 49.6 Å². The molecule has 0 unspecified atom stereocenters. The number of rotatable bonds is 6. The Bertz CT molecular complexity index is 3160. The lowest BCUT2D eigenvalue weighted by Gasteiger charge is -2.12. The Labute approximate surface area is 323 Å². The SMILES string of the molecule is c1ccc(-c2nc(-c3ccccc3)nc(-c3cccc4c5cc(-c6ccc7c(c6)c6ccccc6n7-c6ccccc6)ccc5n(-c5ccccc5)c34)n2)cc1. The van der Waals surface area contributed by atoms with E-state index in [2.05, 4.69) is 149 Å². The van der Waals surface area contributed by atoms with Crippen LogP contribution in [0.5, 0.6) is 0 Å². The monoisotopic (exact) mass is 715 g/mol. The van der Waals surface area contributed by atoms with Crippen LogP contribution in [0.2, 0.25) is 0 Å². The highest BCUT2D eigenvalue weighted by atomic mass is 15.0. The minimum absolute atomic E-state index is 0.628. The zero-order valence-electron chi connectivity index (χ0n) is 30.3. The van der Waals surface area contributed by atoms with Gasteiger partial charge in [0.15, 0.2) is 17.5 Å². The van der Waals surface area contributed by atoms with E-state index >= 15 is 0 Å². The van der Waals surface area contributed by atoms with Crippen LogP contribution in [0.3, 0.4) is 0 Å². The van der Waals surface area contributed by atoms with Gasteiger partial charge in [0.25, 0.3) is 0 Å². The van der Waals surface area contributed by atoms with E-state index in [1.807, 2.05) is 60.7 Å². The number of benzene rings is 8. The molecule has 3 heterocycles. The lowest BCUT2D eigenvalue weighted by Crippen LogP contribution is -2.02. The zero-order chi connectivity index (χ0) is 37.0. The summed E-state index contributed by atoms with van der Waals surface area (Å²) in [5.41, 5.74) is 11.9. The van der Waals surface area contributed by atoms with Crippen molar-refractivity contribution in [3.63, 3.8) is 0 Å². The van der Waals surface area contributed by atoms with E-state index in [1.54, 1.807) is 0 Å². The van der Waals surface area contributed by atoms with Crippen LogP contribution < -0.4 is 0 Å². The Morgan fingerprint density at radius 2 is 0.732 bits per heavy atom. The van der Waals surface area contributed by atoms with Crippen molar-refractivity contribution in [2.75, 3.05) is 0 Å². The Hall–Kier alpha value is -7.63. The molecule has 0 aliphatic rings. The summed E-state index contributed by atoms with van der Waals surface area (Å²) in [5, 5.41) is 4.76. The fraction of sp³-hybridized carbons (Fsp3) is 0. The molecular formula is C51H33N5. The molecule has 0 N–H and O–H groups in total. The van der Waals surface area contributed by atoms with Crippen LogP contribution in [-0.4, -0.2) is 24.1 Å². The minimum atomic E-state index is 0.628. The van der Waals surface area contributed by atoms with Crippen LogP contribution in [0.1, 0.15) is 0 Å². The standard InChI is InChI=1S/C51H33N5/c1-5-16-34(17-6-1)49-52-50(35-18-7-2-8-19-35)54-51(53-49)42-26-15-25-41-44-33-37(29-31-47(44)56(48(41)42)39-22-11-4-12-23-39)36-28-30-46-43(32-36)40-24-13-14-27-45(40)55(46)38-20-9-3-10-21-38/h1-33H. The van der Waals surface area contributed by atoms with Crippen molar-refractivity contribution >= 4 is 43.6 Å². The highest BCUT2D eigenvalue weighted by Gasteiger charge is 2.21. The fourth-order valence-corrected chi connectivity index (χ4v) is 8.21. The van der Waals surface area contributed by atoms with E-state index in [4.69, 9.17) is 15.0 Å². The van der Waals surface area contributed by atoms with E-state index in [9.17, 15) is 0 Å². The average molecular weight is 716 g/mol. The van der Waals surface area contributed by atoms with E-state index in [0.717, 1.165) is 55.4 Å². The second-order valence-corrected chi connectivity index (χ2v) is 14.1. The molecular weight excluding hydrogens is 683 g/mol. The second-order valence-electron chi connectivity index (χ2n) is 14.1. The lowest BCUT2D eigenvalue weighted by molar-refractivity contribution is 1.07. The van der Waals surface area contributed by atoms with Crippen LogP contribution >= 0.6 is 0 Å². The topological polar surface area (TPSA) is 48.5 Å². The molecule has 0 spiro atoms. The molecule has 11 rings (SSSR count). The van der Waals surface area contributed by atoms with Crippen molar-refractivity contribution in [2.45, 2.75) is 0 Å². The molecule has 0 saturated heterocycles. The molecule has 11 aromatic rings. The normalized spacial score (nSPS) is 11.6. The molecule has 262 valence electrons. The second kappa shape index (κ2) is 13.0. The third-order valence-corrected chi connectivity index (χ3v) is 10.8. The van der Waals surface area contributed by atoms with Gasteiger partial charge < -0.3 is 9.13 Å². The first-order chi connectivity index (χ1) is 27.8. The van der Waals surface area contributed by atoms with Gasteiger partial charge in [-0.25, -0.2) is 15.0 Å². The van der Waals surface area contributed by atoms with E-state index in [0.29, 0.717) is 17.5 Å². The van der Waals surface area contributed by atoms with Gasteiger partial charge in [0.1, 0.15) is 0 Å². The number of hydrogen-bond acceptors (Lipinski definition) is 3. The zero-order valence-corrected chi connectivity index (χ0v) is 30.3. The van der Waals surface area contributed by atoms with Gasteiger partial charge >= 0.3 is 0 Å². The summed E-state index contributed by atoms with van der Waals surface area (Å²) in [7, 11) is 0. The van der Waals surface area contributed by atoms with Crippen LogP contribution in [-0.2, 0) is 0 Å². The predicted molar refractivity (Wildman–Crippen MR) is 230 cm³/mol. The Balaban J connectivity index is 1.14. The van der Waals surface area contributed by atoms with Crippen LogP contribution in [0, 0.1) is 0 Å². The first-order valence-electron chi connectivity index (χ1n) is 18.9. The van der Waals surface area contributed by atoms with Gasteiger partial charge in [-0.05, 0) is 71.8 Å². The molecule has 0 atom stereocenters. The third kappa shape index (κ3) is 5.21. The molecule has 0 bridgehead atoms. The molecule has 0 aliphatic heterocycles. The summed E-state index contributed by atoms with van der Waals surface area (Å²) in [6, 6.07) is 70.4. The molecule has 0 fully saturated rings. The van der Waals surface area contributed by atoms with E-state index in [1.165, 1.54) is 27.4 Å². The molecule has 0 aliphatic carbocycles. The van der Waals surface area contributed by atoms with Gasteiger partial charge in [-0.2, -0.15) is 0 Å². The first-order valence-corrected chi connectivity index (χ1v) is 18.9. The first kappa shape index (κ1) is 31.9. The Morgan fingerprint density at radius 1 is 0.286 bits per heavy atom. The molecule has 0 saturated carbocycles. The van der Waals surface area contributed by atoms with Crippen molar-refractivity contribution in [3.8, 4) is 56.7 Å². The van der Waals surface area contributed by atoms with Crippen molar-refractivity contribution in [3.05, 3.63) is 200 Å². The number of aromatic nitrogens is 5. The Morgan fingerprint density at radius 3 is 1.34 bits per heavy atom. The molecule has 0 amide bonds. The summed E-state index contributed by atoms with van der Waals surface area (Å²) < 4.78 is 4.72. The summed E-state index contributed by atoms with van der Waals surface area (Å²) >= 11 is 0. The summed E-state index contributed by atoms with van der Waals surface area (Å²) in [6.07, 6.45) is 0. The van der Waals surface area contributed by atoms with Gasteiger partial charge in [-0.15, -0.1) is 0 Å². The summed E-state index contributed by atoms with van der Waals surface area (Å²) in [4.78, 5) is 15.3. The quantitative estimate of drug-likeness (QED) is 0.172. The van der Waals surface area contributed by atoms with Crippen molar-refractivity contribution in [2.24, 2.45) is 0 Å². The Kier molecular flexibility index (Phi) is 7.42. The number of hydrogen-bond donors (Lipinski definition) is 0. The van der Waals surface area contributed by atoms with Gasteiger partial charge in [-0.3, -0.25) is 0 Å². The smallest absolute Gasteiger partial charge is 0.166 e. The van der Waals surface area contributed by atoms with Crippen molar-refractivity contribution in [1.29, 1.82) is 0 Å². The van der Waals surface area contributed by atoms with Crippen LogP contribution in [0.15, 0.2) is 200 Å². The van der Waals surface area contributed by atoms with E-state index < -0.39 is 0 Å². The minimum Gasteiger partial charge on any atom is -0.309 e. The lowest BCUT2D eigenvalue weighted by atomic mass is 10.00. The maximum Gasteiger partial charge on any atom is 0.166 e. The van der Waals surface area contributed by atoms with Gasteiger partial charge in [0.2, 0.25) is 0 Å². The molecule has 0 radical (unpaired) electrons. The average Bonchev–Trinajstić information content (AvgIpc) is 3.80. The summed E-state index contributed by atoms with van der Waals surface area (Å²) in [5.74, 6) is 1.91. The van der Waals surface area contributed by atoms with Crippen molar-refractivity contribution < 1.29 is 0 Å². The molecule has 3 aromatic heterocycles. The van der Waals surface area contributed by atoms with Crippen LogP contribution in [0.25, 0.3) is 100 Å². The fourth-order valence-electron chi connectivity index (χ4n) is 8.21. The predicted octanol–water partition coefficient (Wildman–Crippen LogP) is 12.7. The van der Waals surface area contributed by atoms with Gasteiger partial charge in [-0.1, -0.05) is 140 Å². The number of para-hydroxylation sites is 4. The number of fused-ring (bicyclic) bond motifs is 6. The maximum absolute atomic E-state index is 5.16. The van der Waals surface area contributed by atoms with Crippen LogP contribution in [0.4, 0.5) is 0 Å². The van der Waals surface area contributed by atoms with Gasteiger partial charge in [0.05, 0.1) is 22.1 Å². The molecule has 8 aromatic carbocycles. The summed E-state index contributed by atoms with van der Waals surface area (Å²) in [6.45, 7) is 0. The molecule has 5 heteroatoms. The highest BCUT2D eigenvalue weighted by Crippen LogP contribution is 2.41.